The minimum atomic E-state index is 0.0499. The lowest BCUT2D eigenvalue weighted by Crippen LogP contribution is -2.39. The van der Waals surface area contributed by atoms with Gasteiger partial charge in [-0.3, -0.25) is 4.79 Å². The Hall–Kier alpha value is -2.19. The van der Waals surface area contributed by atoms with E-state index in [1.807, 2.05) is 71.3 Å². The molecular weight excluding hydrogens is 270 g/mol. The number of aromatic nitrogens is 1. The molecule has 0 atom stereocenters. The standard InChI is InChI=1S/C17H13ClNO/c18-17-11-10-13-6-4-5-9-15(13)19(17)12-16(20)14-7-2-1-3-8-14/h1-11H,12H2/q+1. The van der Waals surface area contributed by atoms with Crippen molar-refractivity contribution in [1.29, 1.82) is 0 Å². The average Bonchev–Trinajstić information content (AvgIpc) is 2.51. The number of carbonyl (C=O) groups is 1. The van der Waals surface area contributed by atoms with E-state index in [1.54, 1.807) is 0 Å². The molecule has 0 unspecified atom stereocenters. The van der Waals surface area contributed by atoms with E-state index in [0.717, 1.165) is 10.9 Å². The summed E-state index contributed by atoms with van der Waals surface area (Å²) in [4.78, 5) is 12.3. The van der Waals surface area contributed by atoms with Crippen LogP contribution in [0.1, 0.15) is 10.4 Å². The Morgan fingerprint density at radius 1 is 0.900 bits per heavy atom. The number of rotatable bonds is 3. The number of carbonyl (C=O) groups excluding carboxylic acids is 1. The maximum atomic E-state index is 12.3. The van der Waals surface area contributed by atoms with Crippen LogP contribution >= 0.6 is 11.6 Å². The normalized spacial score (nSPS) is 10.7. The molecule has 1 aromatic heterocycles. The molecular formula is C17H13ClNO+. The molecule has 0 amide bonds. The molecule has 0 aliphatic heterocycles. The number of hydrogen-bond acceptors (Lipinski definition) is 1. The highest BCUT2D eigenvalue weighted by Crippen LogP contribution is 2.13. The van der Waals surface area contributed by atoms with Gasteiger partial charge in [-0.25, -0.2) is 0 Å². The zero-order chi connectivity index (χ0) is 13.9. The van der Waals surface area contributed by atoms with Gasteiger partial charge in [-0.2, -0.15) is 4.57 Å². The molecule has 3 heteroatoms. The summed E-state index contributed by atoms with van der Waals surface area (Å²) >= 11 is 6.25. The van der Waals surface area contributed by atoms with Crippen molar-refractivity contribution in [1.82, 2.24) is 0 Å². The lowest BCUT2D eigenvalue weighted by atomic mass is 10.1. The van der Waals surface area contributed by atoms with Crippen LogP contribution in [0.25, 0.3) is 10.9 Å². The monoisotopic (exact) mass is 282 g/mol. The van der Waals surface area contributed by atoms with Crippen LogP contribution in [0, 0.1) is 0 Å². The third-order valence-corrected chi connectivity index (χ3v) is 3.61. The first kappa shape index (κ1) is 12.8. The summed E-state index contributed by atoms with van der Waals surface area (Å²) in [6, 6.07) is 20.9. The summed E-state index contributed by atoms with van der Waals surface area (Å²) in [6.45, 7) is 0.240. The van der Waals surface area contributed by atoms with Crippen molar-refractivity contribution < 1.29 is 9.36 Å². The molecule has 0 spiro atoms. The largest absolute Gasteiger partial charge is 0.287 e. The van der Waals surface area contributed by atoms with Gasteiger partial charge in [0.05, 0.1) is 0 Å². The van der Waals surface area contributed by atoms with Crippen molar-refractivity contribution in [2.24, 2.45) is 0 Å². The summed E-state index contributed by atoms with van der Waals surface area (Å²) in [7, 11) is 0. The Morgan fingerprint density at radius 2 is 1.60 bits per heavy atom. The summed E-state index contributed by atoms with van der Waals surface area (Å²) in [5, 5.41) is 1.63. The van der Waals surface area contributed by atoms with E-state index in [0.29, 0.717) is 10.7 Å². The highest BCUT2D eigenvalue weighted by molar-refractivity contribution is 6.28. The summed E-state index contributed by atoms with van der Waals surface area (Å²) in [5.41, 5.74) is 1.66. The van der Waals surface area contributed by atoms with Gasteiger partial charge in [0.15, 0.2) is 0 Å². The second kappa shape index (κ2) is 5.43. The van der Waals surface area contributed by atoms with Crippen molar-refractivity contribution in [2.45, 2.75) is 6.54 Å². The molecule has 0 bridgehead atoms. The minimum absolute atomic E-state index is 0.0499. The van der Waals surface area contributed by atoms with Crippen LogP contribution in [-0.2, 0) is 6.54 Å². The van der Waals surface area contributed by atoms with Crippen LogP contribution < -0.4 is 4.57 Å². The fourth-order valence-electron chi connectivity index (χ4n) is 2.26. The van der Waals surface area contributed by atoms with Gasteiger partial charge in [0, 0.05) is 23.1 Å². The number of para-hydroxylation sites is 1. The molecule has 2 nitrogen and oxygen atoms in total. The van der Waals surface area contributed by atoms with Crippen molar-refractivity contribution in [2.75, 3.05) is 0 Å². The highest BCUT2D eigenvalue weighted by Gasteiger charge is 2.18. The number of pyridine rings is 1. The van der Waals surface area contributed by atoms with Crippen LogP contribution in [0.15, 0.2) is 66.7 Å². The fraction of sp³-hybridized carbons (Fsp3) is 0.0588. The van der Waals surface area contributed by atoms with Crippen LogP contribution in [0.2, 0.25) is 5.15 Å². The average molecular weight is 283 g/mol. The third kappa shape index (κ3) is 2.43. The van der Waals surface area contributed by atoms with Gasteiger partial charge in [-0.1, -0.05) is 42.5 Å². The van der Waals surface area contributed by atoms with Crippen molar-refractivity contribution in [3.8, 4) is 0 Å². The molecule has 0 N–H and O–H groups in total. The highest BCUT2D eigenvalue weighted by atomic mass is 35.5. The predicted molar refractivity (Wildman–Crippen MR) is 79.9 cm³/mol. The van der Waals surface area contributed by atoms with Gasteiger partial charge in [0.2, 0.25) is 17.8 Å². The van der Waals surface area contributed by atoms with Crippen LogP contribution in [0.4, 0.5) is 0 Å². The van der Waals surface area contributed by atoms with E-state index >= 15 is 0 Å². The van der Waals surface area contributed by atoms with E-state index in [2.05, 4.69) is 0 Å². The quantitative estimate of drug-likeness (QED) is 0.408. The van der Waals surface area contributed by atoms with Crippen molar-refractivity contribution in [3.63, 3.8) is 0 Å². The Labute approximate surface area is 122 Å². The number of benzene rings is 2. The number of hydrogen-bond donors (Lipinski definition) is 0. The van der Waals surface area contributed by atoms with Gasteiger partial charge < -0.3 is 0 Å². The van der Waals surface area contributed by atoms with Gasteiger partial charge in [0.1, 0.15) is 0 Å². The lowest BCUT2D eigenvalue weighted by molar-refractivity contribution is -0.654. The molecule has 3 aromatic rings. The Kier molecular flexibility index (Phi) is 3.48. The smallest absolute Gasteiger partial charge is 0.275 e. The lowest BCUT2D eigenvalue weighted by Gasteiger charge is -2.03. The number of Topliss-reactive ketones (excluding diaryl/α,β-unsaturated/α-hetero) is 1. The van der Waals surface area contributed by atoms with E-state index in [1.165, 1.54) is 0 Å². The van der Waals surface area contributed by atoms with Crippen molar-refractivity contribution >= 4 is 28.3 Å². The Morgan fingerprint density at radius 3 is 2.40 bits per heavy atom. The minimum Gasteiger partial charge on any atom is -0.287 e. The van der Waals surface area contributed by atoms with Gasteiger partial charge >= 0.3 is 0 Å². The van der Waals surface area contributed by atoms with E-state index in [9.17, 15) is 4.79 Å². The molecule has 2 aromatic carbocycles. The maximum absolute atomic E-state index is 12.3. The summed E-state index contributed by atoms with van der Waals surface area (Å²) in [5.74, 6) is 0.0499. The second-order valence-electron chi connectivity index (χ2n) is 4.59. The van der Waals surface area contributed by atoms with Crippen LogP contribution in [0.3, 0.4) is 0 Å². The molecule has 20 heavy (non-hydrogen) atoms. The Balaban J connectivity index is 2.03. The van der Waals surface area contributed by atoms with Crippen molar-refractivity contribution in [3.05, 3.63) is 77.4 Å². The van der Waals surface area contributed by atoms with Gasteiger partial charge in [0.25, 0.3) is 5.15 Å². The molecule has 0 radical (unpaired) electrons. The summed E-state index contributed by atoms with van der Waals surface area (Å²) < 4.78 is 1.84. The summed E-state index contributed by atoms with van der Waals surface area (Å²) in [6.07, 6.45) is 0. The van der Waals surface area contributed by atoms with E-state index in [4.69, 9.17) is 11.6 Å². The maximum Gasteiger partial charge on any atom is 0.275 e. The van der Waals surface area contributed by atoms with E-state index < -0.39 is 0 Å². The molecule has 0 aliphatic carbocycles. The van der Waals surface area contributed by atoms with E-state index in [-0.39, 0.29) is 12.3 Å². The first-order valence-corrected chi connectivity index (χ1v) is 6.79. The SMILES string of the molecule is O=C(C[n+]1c(Cl)ccc2ccccc21)c1ccccc1. The fourth-order valence-corrected chi connectivity index (χ4v) is 2.47. The first-order valence-electron chi connectivity index (χ1n) is 6.41. The predicted octanol–water partition coefficient (Wildman–Crippen LogP) is 3.66. The number of nitrogens with zero attached hydrogens (tertiary/aromatic N) is 1. The first-order chi connectivity index (χ1) is 9.75. The second-order valence-corrected chi connectivity index (χ2v) is 4.98. The van der Waals surface area contributed by atoms with Gasteiger partial charge in [-0.05, 0) is 23.7 Å². The van der Waals surface area contributed by atoms with Gasteiger partial charge in [-0.15, -0.1) is 0 Å². The van der Waals surface area contributed by atoms with Crippen LogP contribution in [0.5, 0.6) is 0 Å². The molecule has 0 saturated carbocycles. The number of halogens is 1. The zero-order valence-electron chi connectivity index (χ0n) is 10.8. The molecule has 0 fully saturated rings. The topological polar surface area (TPSA) is 20.9 Å². The zero-order valence-corrected chi connectivity index (χ0v) is 11.5. The number of ketones is 1. The Bertz CT molecular complexity index is 768. The third-order valence-electron chi connectivity index (χ3n) is 3.28. The molecule has 3 rings (SSSR count). The number of fused-ring (bicyclic) bond motifs is 1. The van der Waals surface area contributed by atoms with Crippen LogP contribution in [-0.4, -0.2) is 5.78 Å². The molecule has 0 saturated heterocycles. The molecule has 1 heterocycles. The molecule has 98 valence electrons. The molecule has 0 aliphatic rings.